The van der Waals surface area contributed by atoms with Gasteiger partial charge in [-0.1, -0.05) is 12.2 Å². The maximum absolute atomic E-state index is 10.9. The Labute approximate surface area is 119 Å². The molecule has 1 aliphatic rings. The number of carboxylic acid groups (broad SMARTS) is 2. The van der Waals surface area contributed by atoms with E-state index in [1.165, 1.54) is 0 Å². The van der Waals surface area contributed by atoms with Gasteiger partial charge in [-0.05, 0) is 12.5 Å². The van der Waals surface area contributed by atoms with Gasteiger partial charge in [-0.2, -0.15) is 0 Å². The summed E-state index contributed by atoms with van der Waals surface area (Å²) in [5.41, 5.74) is -0.250. The van der Waals surface area contributed by atoms with Gasteiger partial charge < -0.3 is 14.8 Å². The van der Waals surface area contributed by atoms with Gasteiger partial charge in [-0.15, -0.1) is 0 Å². The maximum atomic E-state index is 10.9. The van der Waals surface area contributed by atoms with Crippen LogP contribution in [0.25, 0.3) is 0 Å². The summed E-state index contributed by atoms with van der Waals surface area (Å²) in [5, 5.41) is 17.3. The molecule has 0 aliphatic heterocycles. The van der Waals surface area contributed by atoms with Crippen LogP contribution in [0.5, 0.6) is 0 Å². The SMILES string of the molecule is O=C(O)C1=CCC(C(=O)O)(S(=O)(=O)[O-])C=C1.[Na+]. The summed E-state index contributed by atoms with van der Waals surface area (Å²) in [6, 6.07) is 0. The molecular formula is C8H7NaO7S. The van der Waals surface area contributed by atoms with Gasteiger partial charge in [-0.3, -0.25) is 4.79 Å². The average molecular weight is 270 g/mol. The molecule has 0 saturated carbocycles. The minimum absolute atomic E-state index is 0. The van der Waals surface area contributed by atoms with Gasteiger partial charge >= 0.3 is 41.5 Å². The van der Waals surface area contributed by atoms with Crippen molar-refractivity contribution in [3.05, 3.63) is 23.8 Å². The van der Waals surface area contributed by atoms with Crippen molar-refractivity contribution >= 4 is 22.1 Å². The minimum Gasteiger partial charge on any atom is -0.747 e. The Morgan fingerprint density at radius 2 is 1.88 bits per heavy atom. The van der Waals surface area contributed by atoms with Crippen LogP contribution < -0.4 is 29.6 Å². The van der Waals surface area contributed by atoms with Crippen LogP contribution in [-0.2, 0) is 19.7 Å². The first-order valence-corrected chi connectivity index (χ1v) is 5.43. The molecule has 7 nitrogen and oxygen atoms in total. The fraction of sp³-hybridized carbons (Fsp3) is 0.250. The first-order chi connectivity index (χ1) is 7.21. The molecule has 1 rings (SSSR count). The van der Waals surface area contributed by atoms with E-state index in [-0.39, 0.29) is 35.1 Å². The van der Waals surface area contributed by atoms with Crippen molar-refractivity contribution in [2.24, 2.45) is 0 Å². The maximum Gasteiger partial charge on any atom is 1.00 e. The Hall–Kier alpha value is -0.670. The normalized spacial score (nSPS) is 23.5. The van der Waals surface area contributed by atoms with E-state index in [4.69, 9.17) is 10.2 Å². The predicted molar refractivity (Wildman–Crippen MR) is 49.5 cm³/mol. The number of rotatable bonds is 3. The van der Waals surface area contributed by atoms with Crippen molar-refractivity contribution in [3.63, 3.8) is 0 Å². The Kier molecular flexibility index (Phi) is 5.11. The van der Waals surface area contributed by atoms with E-state index in [0.29, 0.717) is 6.08 Å². The molecule has 0 spiro atoms. The van der Waals surface area contributed by atoms with Gasteiger partial charge in [0, 0.05) is 0 Å². The van der Waals surface area contributed by atoms with Crippen LogP contribution in [0.4, 0.5) is 0 Å². The molecule has 2 N–H and O–H groups in total. The molecule has 1 aliphatic carbocycles. The van der Waals surface area contributed by atoms with E-state index in [9.17, 15) is 22.6 Å². The summed E-state index contributed by atoms with van der Waals surface area (Å²) < 4.78 is 30.0. The van der Waals surface area contributed by atoms with E-state index >= 15 is 0 Å². The second-order valence-corrected chi connectivity index (χ2v) is 4.79. The topological polar surface area (TPSA) is 132 Å². The molecule has 0 saturated heterocycles. The molecule has 0 amide bonds. The summed E-state index contributed by atoms with van der Waals surface area (Å²) in [5.74, 6) is -3.14. The molecular weight excluding hydrogens is 263 g/mol. The summed E-state index contributed by atoms with van der Waals surface area (Å²) in [6.45, 7) is 0. The Morgan fingerprint density at radius 1 is 1.35 bits per heavy atom. The predicted octanol–water partition coefficient (Wildman–Crippen LogP) is -3.67. The van der Waals surface area contributed by atoms with Crippen molar-refractivity contribution in [2.75, 3.05) is 0 Å². The zero-order chi connectivity index (χ0) is 12.6. The summed E-state index contributed by atoms with van der Waals surface area (Å²) in [4.78, 5) is 21.3. The van der Waals surface area contributed by atoms with Crippen molar-refractivity contribution in [3.8, 4) is 0 Å². The first kappa shape index (κ1) is 16.3. The van der Waals surface area contributed by atoms with Crippen molar-refractivity contribution < 1.29 is 62.3 Å². The van der Waals surface area contributed by atoms with Gasteiger partial charge in [0.25, 0.3) is 0 Å². The fourth-order valence-electron chi connectivity index (χ4n) is 1.23. The summed E-state index contributed by atoms with van der Waals surface area (Å²) in [6.07, 6.45) is 1.61. The van der Waals surface area contributed by atoms with Crippen LogP contribution in [0.1, 0.15) is 6.42 Å². The van der Waals surface area contributed by atoms with E-state index in [1.807, 2.05) is 0 Å². The minimum atomic E-state index is -5.11. The average Bonchev–Trinajstić information content (AvgIpc) is 2.15. The molecule has 1 unspecified atom stereocenters. The summed E-state index contributed by atoms with van der Waals surface area (Å²) in [7, 11) is -5.11. The molecule has 0 heterocycles. The van der Waals surface area contributed by atoms with Crippen molar-refractivity contribution in [1.82, 2.24) is 0 Å². The van der Waals surface area contributed by atoms with Gasteiger partial charge in [0.2, 0.25) is 0 Å². The van der Waals surface area contributed by atoms with E-state index in [1.54, 1.807) is 0 Å². The van der Waals surface area contributed by atoms with Gasteiger partial charge in [-0.25, -0.2) is 13.2 Å². The van der Waals surface area contributed by atoms with Crippen LogP contribution in [0.2, 0.25) is 0 Å². The number of allylic oxidation sites excluding steroid dienone is 1. The molecule has 0 bridgehead atoms. The van der Waals surface area contributed by atoms with Crippen LogP contribution in [0.15, 0.2) is 23.8 Å². The van der Waals surface area contributed by atoms with Crippen LogP contribution >= 0.6 is 0 Å². The third-order valence-corrected chi connectivity index (χ3v) is 3.58. The zero-order valence-electron chi connectivity index (χ0n) is 8.78. The molecule has 0 aromatic heterocycles. The fourth-order valence-corrected chi connectivity index (χ4v) is 1.97. The van der Waals surface area contributed by atoms with Crippen molar-refractivity contribution in [2.45, 2.75) is 11.2 Å². The van der Waals surface area contributed by atoms with Crippen LogP contribution in [0.3, 0.4) is 0 Å². The molecule has 0 aromatic rings. The van der Waals surface area contributed by atoms with E-state index in [0.717, 1.165) is 12.2 Å². The smallest absolute Gasteiger partial charge is 0.747 e. The van der Waals surface area contributed by atoms with Gasteiger partial charge in [0.15, 0.2) is 4.75 Å². The second kappa shape index (κ2) is 5.32. The largest absolute Gasteiger partial charge is 1.00 e. The van der Waals surface area contributed by atoms with Crippen LogP contribution in [-0.4, -0.2) is 39.9 Å². The molecule has 17 heavy (non-hydrogen) atoms. The standard InChI is InChI=1S/C8H8O7S.Na/c9-6(10)5-1-3-8(4-2-5,7(11)12)16(13,14)15;/h1-3H,4H2,(H,9,10)(H,11,12)(H,13,14,15);/q;+1/p-1. The van der Waals surface area contributed by atoms with E-state index < -0.39 is 33.2 Å². The molecule has 88 valence electrons. The second-order valence-electron chi connectivity index (χ2n) is 3.15. The first-order valence-electron chi connectivity index (χ1n) is 4.02. The van der Waals surface area contributed by atoms with Gasteiger partial charge in [0.05, 0.1) is 5.57 Å². The molecule has 0 aromatic carbocycles. The quantitative estimate of drug-likeness (QED) is 0.399. The molecule has 9 heteroatoms. The van der Waals surface area contributed by atoms with E-state index in [2.05, 4.69) is 0 Å². The Bertz CT molecular complexity index is 504. The number of aliphatic carboxylic acids is 2. The number of carbonyl (C=O) groups is 2. The van der Waals surface area contributed by atoms with Gasteiger partial charge in [0.1, 0.15) is 10.1 Å². The summed E-state index contributed by atoms with van der Waals surface area (Å²) >= 11 is 0. The van der Waals surface area contributed by atoms with Crippen LogP contribution in [0, 0.1) is 0 Å². The number of hydrogen-bond donors (Lipinski definition) is 2. The number of carboxylic acids is 2. The third kappa shape index (κ3) is 2.96. The molecule has 0 radical (unpaired) electrons. The zero-order valence-corrected chi connectivity index (χ0v) is 11.6. The number of hydrogen-bond acceptors (Lipinski definition) is 5. The molecule has 0 fully saturated rings. The third-order valence-electron chi connectivity index (χ3n) is 2.21. The monoisotopic (exact) mass is 270 g/mol. The Morgan fingerprint density at radius 3 is 2.12 bits per heavy atom. The Balaban J connectivity index is 0.00000256. The van der Waals surface area contributed by atoms with Crippen molar-refractivity contribution in [1.29, 1.82) is 0 Å². The molecule has 1 atom stereocenters.